The molecule has 1 aromatic heterocycles. The van der Waals surface area contributed by atoms with Crippen LogP contribution < -0.4 is 5.32 Å². The van der Waals surface area contributed by atoms with Crippen molar-refractivity contribution in [3.63, 3.8) is 0 Å². The van der Waals surface area contributed by atoms with E-state index >= 15 is 0 Å². The molecule has 0 atom stereocenters. The number of halogens is 1. The third kappa shape index (κ3) is 3.23. The Morgan fingerprint density at radius 1 is 1.42 bits per heavy atom. The lowest BCUT2D eigenvalue weighted by molar-refractivity contribution is -0.116. The van der Waals surface area contributed by atoms with E-state index in [-0.39, 0.29) is 12.5 Å². The van der Waals surface area contributed by atoms with Crippen molar-refractivity contribution < 1.29 is 9.59 Å². The number of aromatic nitrogens is 1. The fraction of sp³-hybridized carbons (Fsp3) is 0.143. The Labute approximate surface area is 116 Å². The Hall–Kier alpha value is -2.07. The van der Waals surface area contributed by atoms with Gasteiger partial charge in [-0.2, -0.15) is 0 Å². The summed E-state index contributed by atoms with van der Waals surface area (Å²) in [6.45, 7) is 1.98. The molecule has 0 saturated heterocycles. The van der Waals surface area contributed by atoms with E-state index in [9.17, 15) is 9.59 Å². The van der Waals surface area contributed by atoms with Crippen LogP contribution in [0, 0.1) is 6.92 Å². The number of carbonyl (C=O) groups is 2. The zero-order valence-electron chi connectivity index (χ0n) is 10.4. The maximum Gasteiger partial charge on any atom is 0.244 e. The molecule has 2 aromatic rings. The summed E-state index contributed by atoms with van der Waals surface area (Å²) in [7, 11) is 0. The highest BCUT2D eigenvalue weighted by Crippen LogP contribution is 2.20. The molecule has 0 aliphatic carbocycles. The van der Waals surface area contributed by atoms with Crippen molar-refractivity contribution in [1.29, 1.82) is 0 Å². The Morgan fingerprint density at radius 3 is 2.95 bits per heavy atom. The van der Waals surface area contributed by atoms with E-state index in [0.29, 0.717) is 16.4 Å². The summed E-state index contributed by atoms with van der Waals surface area (Å²) in [5, 5.41) is 3.35. The van der Waals surface area contributed by atoms with Crippen LogP contribution in [0.1, 0.15) is 16.1 Å². The Kier molecular flexibility index (Phi) is 4.02. The number of aldehydes is 1. The Balaban J connectivity index is 2.09. The molecule has 0 bridgehead atoms. The molecule has 1 heterocycles. The molecule has 0 saturated carbocycles. The van der Waals surface area contributed by atoms with Crippen LogP contribution in [-0.4, -0.2) is 16.8 Å². The van der Waals surface area contributed by atoms with Crippen molar-refractivity contribution >= 4 is 29.5 Å². The average molecular weight is 277 g/mol. The number of hydrogen-bond donors (Lipinski definition) is 1. The quantitative estimate of drug-likeness (QED) is 0.873. The van der Waals surface area contributed by atoms with Crippen LogP contribution >= 0.6 is 11.6 Å². The lowest BCUT2D eigenvalue weighted by atomic mass is 10.2. The first kappa shape index (κ1) is 13.4. The number of hydrogen-bond acceptors (Lipinski definition) is 2. The molecular formula is C14H13ClN2O2. The number of nitrogens with one attached hydrogen (secondary N) is 1. The van der Waals surface area contributed by atoms with Gasteiger partial charge in [-0.15, -0.1) is 0 Å². The van der Waals surface area contributed by atoms with Gasteiger partial charge < -0.3 is 9.88 Å². The molecule has 5 heteroatoms. The van der Waals surface area contributed by atoms with Crippen molar-refractivity contribution in [2.75, 3.05) is 5.32 Å². The second-order valence-electron chi connectivity index (χ2n) is 4.19. The summed E-state index contributed by atoms with van der Waals surface area (Å²) < 4.78 is 1.59. The van der Waals surface area contributed by atoms with E-state index < -0.39 is 0 Å². The lowest BCUT2D eigenvalue weighted by Crippen LogP contribution is -2.19. The normalized spacial score (nSPS) is 10.2. The predicted molar refractivity (Wildman–Crippen MR) is 74.6 cm³/mol. The van der Waals surface area contributed by atoms with Gasteiger partial charge in [-0.3, -0.25) is 9.59 Å². The third-order valence-corrected chi connectivity index (χ3v) is 3.01. The van der Waals surface area contributed by atoms with E-state index in [0.717, 1.165) is 11.8 Å². The first-order valence-electron chi connectivity index (χ1n) is 5.76. The Bertz CT molecular complexity index is 620. The van der Waals surface area contributed by atoms with Gasteiger partial charge in [0.25, 0.3) is 0 Å². The zero-order valence-corrected chi connectivity index (χ0v) is 11.1. The average Bonchev–Trinajstić information content (AvgIpc) is 2.81. The largest absolute Gasteiger partial charge is 0.336 e. The van der Waals surface area contributed by atoms with Crippen molar-refractivity contribution in [3.05, 3.63) is 52.8 Å². The Morgan fingerprint density at radius 2 is 2.21 bits per heavy atom. The number of rotatable bonds is 4. The summed E-state index contributed by atoms with van der Waals surface area (Å²) in [4.78, 5) is 22.7. The molecule has 2 rings (SSSR count). The second kappa shape index (κ2) is 5.71. The number of benzene rings is 1. The highest BCUT2D eigenvalue weighted by molar-refractivity contribution is 6.31. The molecule has 1 N–H and O–H groups in total. The second-order valence-corrected chi connectivity index (χ2v) is 4.62. The molecular weight excluding hydrogens is 264 g/mol. The molecule has 0 fully saturated rings. The van der Waals surface area contributed by atoms with Gasteiger partial charge in [-0.1, -0.05) is 17.7 Å². The number of carbonyl (C=O) groups excluding carboxylic acids is 2. The van der Waals surface area contributed by atoms with E-state index in [4.69, 9.17) is 11.6 Å². The molecule has 0 aliphatic heterocycles. The SMILES string of the molecule is Cc1ccc(Cl)cc1NC(=O)Cn1cccc1C=O. The lowest BCUT2D eigenvalue weighted by Gasteiger charge is -2.10. The van der Waals surface area contributed by atoms with Gasteiger partial charge in [-0.25, -0.2) is 0 Å². The van der Waals surface area contributed by atoms with E-state index in [1.165, 1.54) is 0 Å². The summed E-state index contributed by atoms with van der Waals surface area (Å²) >= 11 is 5.89. The number of aryl methyl sites for hydroxylation is 1. The minimum absolute atomic E-state index is 0.0903. The van der Waals surface area contributed by atoms with Crippen molar-refractivity contribution in [3.8, 4) is 0 Å². The molecule has 4 nitrogen and oxygen atoms in total. The van der Waals surface area contributed by atoms with Gasteiger partial charge >= 0.3 is 0 Å². The van der Waals surface area contributed by atoms with Gasteiger partial charge in [0.05, 0.1) is 5.69 Å². The van der Waals surface area contributed by atoms with Crippen LogP contribution in [0.15, 0.2) is 36.5 Å². The van der Waals surface area contributed by atoms with E-state index in [1.54, 1.807) is 35.0 Å². The fourth-order valence-corrected chi connectivity index (χ4v) is 1.92. The van der Waals surface area contributed by atoms with Crippen LogP contribution in [0.3, 0.4) is 0 Å². The monoisotopic (exact) mass is 276 g/mol. The highest BCUT2D eigenvalue weighted by Gasteiger charge is 2.08. The minimum Gasteiger partial charge on any atom is -0.336 e. The van der Waals surface area contributed by atoms with Gasteiger partial charge in [-0.05, 0) is 36.8 Å². The number of amides is 1. The van der Waals surface area contributed by atoms with Gasteiger partial charge in [0.2, 0.25) is 5.91 Å². The highest BCUT2D eigenvalue weighted by atomic mass is 35.5. The smallest absolute Gasteiger partial charge is 0.244 e. The van der Waals surface area contributed by atoms with E-state index in [1.807, 2.05) is 13.0 Å². The number of nitrogens with zero attached hydrogens (tertiary/aromatic N) is 1. The van der Waals surface area contributed by atoms with Gasteiger partial charge in [0, 0.05) is 16.9 Å². The summed E-state index contributed by atoms with van der Waals surface area (Å²) in [5.41, 5.74) is 2.08. The molecule has 19 heavy (non-hydrogen) atoms. The molecule has 1 aromatic carbocycles. The van der Waals surface area contributed by atoms with Gasteiger partial charge in [0.1, 0.15) is 6.54 Å². The first-order chi connectivity index (χ1) is 9.10. The summed E-state index contributed by atoms with van der Waals surface area (Å²) in [6.07, 6.45) is 2.41. The maximum atomic E-state index is 11.9. The fourth-order valence-electron chi connectivity index (χ4n) is 1.75. The molecule has 98 valence electrons. The first-order valence-corrected chi connectivity index (χ1v) is 6.14. The minimum atomic E-state index is -0.204. The predicted octanol–water partition coefficient (Wildman–Crippen LogP) is 2.90. The molecule has 1 amide bonds. The topological polar surface area (TPSA) is 51.1 Å². The van der Waals surface area contributed by atoms with Crippen LogP contribution in [0.5, 0.6) is 0 Å². The summed E-state index contributed by atoms with van der Waals surface area (Å²) in [5.74, 6) is -0.204. The van der Waals surface area contributed by atoms with Crippen molar-refractivity contribution in [2.45, 2.75) is 13.5 Å². The molecule has 0 spiro atoms. The molecule has 0 aliphatic rings. The third-order valence-electron chi connectivity index (χ3n) is 2.77. The standard InChI is InChI=1S/C14H13ClN2O2/c1-10-4-5-11(15)7-13(10)16-14(19)8-17-6-2-3-12(17)9-18/h2-7,9H,8H2,1H3,(H,16,19). The van der Waals surface area contributed by atoms with E-state index in [2.05, 4.69) is 5.32 Å². The van der Waals surface area contributed by atoms with Crippen LogP contribution in [-0.2, 0) is 11.3 Å². The molecule has 0 unspecified atom stereocenters. The molecule has 0 radical (unpaired) electrons. The zero-order chi connectivity index (χ0) is 13.8. The van der Waals surface area contributed by atoms with Gasteiger partial charge in [0.15, 0.2) is 6.29 Å². The van der Waals surface area contributed by atoms with Crippen LogP contribution in [0.4, 0.5) is 5.69 Å². The van der Waals surface area contributed by atoms with Crippen molar-refractivity contribution in [2.24, 2.45) is 0 Å². The number of anilines is 1. The maximum absolute atomic E-state index is 11.9. The van der Waals surface area contributed by atoms with Crippen LogP contribution in [0.25, 0.3) is 0 Å². The van der Waals surface area contributed by atoms with Crippen LogP contribution in [0.2, 0.25) is 5.02 Å². The summed E-state index contributed by atoms with van der Waals surface area (Å²) in [6, 6.07) is 8.69. The van der Waals surface area contributed by atoms with Crippen molar-refractivity contribution in [1.82, 2.24) is 4.57 Å².